The van der Waals surface area contributed by atoms with Gasteiger partial charge in [-0.1, -0.05) is 19.1 Å². The van der Waals surface area contributed by atoms with Crippen LogP contribution in [-0.4, -0.2) is 55.0 Å². The molecule has 1 aliphatic carbocycles. The number of para-hydroxylation sites is 2. The number of carbonyl (C=O) groups is 2. The maximum absolute atomic E-state index is 12.4. The molecule has 0 unspecified atom stereocenters. The average Bonchev–Trinajstić information content (AvgIpc) is 3.31. The van der Waals surface area contributed by atoms with E-state index in [0.29, 0.717) is 43.5 Å². The maximum Gasteiger partial charge on any atom is 0.322 e. The van der Waals surface area contributed by atoms with Crippen LogP contribution in [0.1, 0.15) is 13.3 Å². The molecule has 3 rings (SSSR count). The Labute approximate surface area is 136 Å². The van der Waals surface area contributed by atoms with E-state index in [9.17, 15) is 9.59 Å². The van der Waals surface area contributed by atoms with E-state index in [1.807, 2.05) is 29.2 Å². The van der Waals surface area contributed by atoms with Gasteiger partial charge in [-0.15, -0.1) is 0 Å². The average molecular weight is 317 g/mol. The second-order valence-corrected chi connectivity index (χ2v) is 6.26. The first-order valence-electron chi connectivity index (χ1n) is 8.08. The number of urea groups is 1. The molecule has 1 saturated heterocycles. The number of carbonyl (C=O) groups excluding carboxylic acids is 2. The van der Waals surface area contributed by atoms with Crippen molar-refractivity contribution >= 4 is 17.6 Å². The Hall–Kier alpha value is -2.24. The first-order chi connectivity index (χ1) is 11.1. The zero-order valence-electron chi connectivity index (χ0n) is 13.6. The van der Waals surface area contributed by atoms with Crippen LogP contribution in [0.15, 0.2) is 24.3 Å². The minimum Gasteiger partial charge on any atom is -0.495 e. The summed E-state index contributed by atoms with van der Waals surface area (Å²) in [5.74, 6) is 1.62. The van der Waals surface area contributed by atoms with E-state index >= 15 is 0 Å². The molecule has 1 aromatic rings. The molecule has 1 heterocycles. The number of amides is 3. The van der Waals surface area contributed by atoms with E-state index in [0.717, 1.165) is 6.42 Å². The van der Waals surface area contributed by atoms with Crippen LogP contribution in [0.2, 0.25) is 0 Å². The van der Waals surface area contributed by atoms with Gasteiger partial charge in [0.05, 0.1) is 12.8 Å². The highest BCUT2D eigenvalue weighted by atomic mass is 16.5. The Bertz CT molecular complexity index is 597. The van der Waals surface area contributed by atoms with Crippen LogP contribution >= 0.6 is 0 Å². The van der Waals surface area contributed by atoms with Crippen molar-refractivity contribution in [3.8, 4) is 5.75 Å². The molecule has 2 fully saturated rings. The van der Waals surface area contributed by atoms with Gasteiger partial charge < -0.3 is 19.9 Å². The summed E-state index contributed by atoms with van der Waals surface area (Å²) in [5, 5.41) is 2.88. The maximum atomic E-state index is 12.4. The van der Waals surface area contributed by atoms with Crippen LogP contribution in [0.25, 0.3) is 0 Å². The quantitative estimate of drug-likeness (QED) is 0.928. The van der Waals surface area contributed by atoms with E-state index in [-0.39, 0.29) is 17.9 Å². The van der Waals surface area contributed by atoms with Crippen molar-refractivity contribution in [2.24, 2.45) is 11.8 Å². The third kappa shape index (κ3) is 3.41. The number of rotatable bonds is 3. The molecule has 0 radical (unpaired) electrons. The van der Waals surface area contributed by atoms with Gasteiger partial charge in [0.25, 0.3) is 0 Å². The highest BCUT2D eigenvalue weighted by molar-refractivity contribution is 5.91. The molecule has 2 atom stereocenters. The highest BCUT2D eigenvalue weighted by Gasteiger charge is 2.42. The first-order valence-corrected chi connectivity index (χ1v) is 8.08. The fraction of sp³-hybridized carbons (Fsp3) is 0.529. The number of benzene rings is 1. The van der Waals surface area contributed by atoms with E-state index < -0.39 is 0 Å². The number of hydrogen-bond donors (Lipinski definition) is 1. The Morgan fingerprint density at radius 3 is 2.35 bits per heavy atom. The van der Waals surface area contributed by atoms with Gasteiger partial charge in [-0.25, -0.2) is 4.79 Å². The molecule has 6 nitrogen and oxygen atoms in total. The van der Waals surface area contributed by atoms with Crippen LogP contribution in [0, 0.1) is 11.8 Å². The number of nitrogens with one attached hydrogen (secondary N) is 1. The third-order valence-electron chi connectivity index (χ3n) is 4.65. The van der Waals surface area contributed by atoms with E-state index in [2.05, 4.69) is 12.2 Å². The molecule has 0 aromatic heterocycles. The Kier molecular flexibility index (Phi) is 4.41. The van der Waals surface area contributed by atoms with Gasteiger partial charge in [-0.05, 0) is 24.5 Å². The summed E-state index contributed by atoms with van der Waals surface area (Å²) in [5.41, 5.74) is 0.658. The topological polar surface area (TPSA) is 61.9 Å². The van der Waals surface area contributed by atoms with Crippen LogP contribution in [0.4, 0.5) is 10.5 Å². The standard InChI is InChI=1S/C17H23N3O3/c1-12-11-13(12)16(21)19-7-9-20(10-8-19)17(22)18-14-5-3-4-6-15(14)23-2/h3-6,12-13H,7-11H2,1-2H3,(H,18,22)/t12-,13+/m0/s1. The lowest BCUT2D eigenvalue weighted by molar-refractivity contribution is -0.134. The number of ether oxygens (including phenoxy) is 1. The van der Waals surface area contributed by atoms with Gasteiger partial charge >= 0.3 is 6.03 Å². The molecule has 1 aliphatic heterocycles. The van der Waals surface area contributed by atoms with Gasteiger partial charge in [0, 0.05) is 32.1 Å². The van der Waals surface area contributed by atoms with Crippen molar-refractivity contribution in [3.63, 3.8) is 0 Å². The predicted octanol–water partition coefficient (Wildman–Crippen LogP) is 2.03. The van der Waals surface area contributed by atoms with Crippen molar-refractivity contribution in [1.82, 2.24) is 9.80 Å². The Balaban J connectivity index is 1.53. The molecular formula is C17H23N3O3. The minimum atomic E-state index is -0.151. The second kappa shape index (κ2) is 6.48. The van der Waals surface area contributed by atoms with E-state index in [4.69, 9.17) is 4.74 Å². The number of anilines is 1. The molecule has 2 aliphatic rings. The summed E-state index contributed by atoms with van der Waals surface area (Å²) >= 11 is 0. The van der Waals surface area contributed by atoms with Crippen molar-refractivity contribution in [2.45, 2.75) is 13.3 Å². The van der Waals surface area contributed by atoms with Gasteiger partial charge in [0.1, 0.15) is 5.75 Å². The summed E-state index contributed by atoms with van der Waals surface area (Å²) < 4.78 is 5.24. The summed E-state index contributed by atoms with van der Waals surface area (Å²) in [6, 6.07) is 7.18. The molecule has 1 aromatic carbocycles. The van der Waals surface area contributed by atoms with Crippen molar-refractivity contribution < 1.29 is 14.3 Å². The molecule has 0 bridgehead atoms. The Morgan fingerprint density at radius 2 is 1.74 bits per heavy atom. The van der Waals surface area contributed by atoms with Crippen molar-refractivity contribution in [3.05, 3.63) is 24.3 Å². The molecule has 3 amide bonds. The number of hydrogen-bond acceptors (Lipinski definition) is 3. The largest absolute Gasteiger partial charge is 0.495 e. The summed E-state index contributed by atoms with van der Waals surface area (Å²) in [6.45, 7) is 4.46. The van der Waals surface area contributed by atoms with Gasteiger partial charge in [0.2, 0.25) is 5.91 Å². The molecule has 124 valence electrons. The van der Waals surface area contributed by atoms with E-state index in [1.165, 1.54) is 0 Å². The molecule has 23 heavy (non-hydrogen) atoms. The van der Waals surface area contributed by atoms with Crippen molar-refractivity contribution in [2.75, 3.05) is 38.6 Å². The normalized spacial score (nSPS) is 23.4. The van der Waals surface area contributed by atoms with E-state index in [1.54, 1.807) is 12.0 Å². The number of methoxy groups -OCH3 is 1. The zero-order chi connectivity index (χ0) is 16.4. The fourth-order valence-electron chi connectivity index (χ4n) is 2.97. The number of nitrogens with zero attached hydrogens (tertiary/aromatic N) is 2. The van der Waals surface area contributed by atoms with Crippen molar-refractivity contribution in [1.29, 1.82) is 0 Å². The zero-order valence-corrected chi connectivity index (χ0v) is 13.6. The smallest absolute Gasteiger partial charge is 0.322 e. The SMILES string of the molecule is COc1ccccc1NC(=O)N1CCN(C(=O)[C@@H]2C[C@@H]2C)CC1. The summed E-state index contributed by atoms with van der Waals surface area (Å²) in [4.78, 5) is 28.2. The molecule has 0 spiro atoms. The minimum absolute atomic E-state index is 0.151. The summed E-state index contributed by atoms with van der Waals surface area (Å²) in [7, 11) is 1.58. The van der Waals surface area contributed by atoms with Crippen LogP contribution < -0.4 is 10.1 Å². The molecule has 1 saturated carbocycles. The fourth-order valence-corrected chi connectivity index (χ4v) is 2.97. The molecule has 1 N–H and O–H groups in total. The third-order valence-corrected chi connectivity index (χ3v) is 4.65. The van der Waals surface area contributed by atoms with Crippen LogP contribution in [0.3, 0.4) is 0 Å². The summed E-state index contributed by atoms with van der Waals surface area (Å²) in [6.07, 6.45) is 1.01. The van der Waals surface area contributed by atoms with Crippen LogP contribution in [-0.2, 0) is 4.79 Å². The number of piperazine rings is 1. The van der Waals surface area contributed by atoms with Gasteiger partial charge in [-0.3, -0.25) is 4.79 Å². The lowest BCUT2D eigenvalue weighted by Gasteiger charge is -2.35. The predicted molar refractivity (Wildman–Crippen MR) is 87.4 cm³/mol. The van der Waals surface area contributed by atoms with Gasteiger partial charge in [0.15, 0.2) is 0 Å². The monoisotopic (exact) mass is 317 g/mol. The second-order valence-electron chi connectivity index (χ2n) is 6.26. The van der Waals surface area contributed by atoms with Crippen LogP contribution in [0.5, 0.6) is 5.75 Å². The lowest BCUT2D eigenvalue weighted by Crippen LogP contribution is -2.52. The Morgan fingerprint density at radius 1 is 1.13 bits per heavy atom. The molecular weight excluding hydrogens is 294 g/mol. The molecule has 6 heteroatoms. The lowest BCUT2D eigenvalue weighted by atomic mass is 10.2. The van der Waals surface area contributed by atoms with Gasteiger partial charge in [-0.2, -0.15) is 0 Å². The first kappa shape index (κ1) is 15.6. The highest BCUT2D eigenvalue weighted by Crippen LogP contribution is 2.39.